The third-order valence-electron chi connectivity index (χ3n) is 2.21. The van der Waals surface area contributed by atoms with E-state index in [1.54, 1.807) is 0 Å². The molecule has 0 bridgehead atoms. The van der Waals surface area contributed by atoms with Gasteiger partial charge in [-0.3, -0.25) is 4.79 Å². The molecule has 15 heavy (non-hydrogen) atoms. The highest BCUT2D eigenvalue weighted by atomic mass is 79.9. The van der Waals surface area contributed by atoms with Crippen molar-refractivity contribution < 1.29 is 4.79 Å². The maximum Gasteiger partial charge on any atom is 0.133 e. The molecule has 0 aliphatic rings. The summed E-state index contributed by atoms with van der Waals surface area (Å²) in [4.78, 5) is 11.5. The molecule has 0 atom stereocenters. The molecule has 0 amide bonds. The highest BCUT2D eigenvalue weighted by Crippen LogP contribution is 2.11. The Hall–Kier alpha value is -0.890. The van der Waals surface area contributed by atoms with Crippen molar-refractivity contribution in [2.45, 2.75) is 25.7 Å². The summed E-state index contributed by atoms with van der Waals surface area (Å²) in [5, 5.41) is 0. The van der Waals surface area contributed by atoms with Crippen LogP contribution in [0.5, 0.6) is 0 Å². The van der Waals surface area contributed by atoms with Gasteiger partial charge in [0, 0.05) is 12.8 Å². The number of Topliss-reactive ketones (excluding diaryl/α,β-unsaturated/α-hetero) is 1. The lowest BCUT2D eigenvalue weighted by atomic mass is 10.1. The molecule has 0 radical (unpaired) electrons. The first-order chi connectivity index (χ1) is 7.18. The van der Waals surface area contributed by atoms with Gasteiger partial charge < -0.3 is 0 Å². The number of halogens is 1. The Kier molecular flexibility index (Phi) is 5.33. The maximum absolute atomic E-state index is 11.5. The summed E-state index contributed by atoms with van der Waals surface area (Å²) in [7, 11) is 0. The molecule has 0 heterocycles. The second-order valence-electron chi connectivity index (χ2n) is 3.54. The highest BCUT2D eigenvalue weighted by molar-refractivity contribution is 9.11. The minimum Gasteiger partial charge on any atom is -0.300 e. The van der Waals surface area contributed by atoms with Crippen LogP contribution in [0.15, 0.2) is 41.4 Å². The number of carbonyl (C=O) groups is 1. The summed E-state index contributed by atoms with van der Waals surface area (Å²) in [6.45, 7) is 3.71. The fourth-order valence-corrected chi connectivity index (χ4v) is 1.53. The quantitative estimate of drug-likeness (QED) is 0.764. The van der Waals surface area contributed by atoms with E-state index in [4.69, 9.17) is 0 Å². The van der Waals surface area contributed by atoms with Crippen molar-refractivity contribution >= 4 is 21.7 Å². The van der Waals surface area contributed by atoms with Crippen molar-refractivity contribution in [2.24, 2.45) is 0 Å². The van der Waals surface area contributed by atoms with E-state index in [2.05, 4.69) is 34.6 Å². The zero-order chi connectivity index (χ0) is 11.1. The Morgan fingerprint density at radius 1 is 1.13 bits per heavy atom. The Labute approximate surface area is 99.3 Å². The smallest absolute Gasteiger partial charge is 0.133 e. The van der Waals surface area contributed by atoms with Gasteiger partial charge in [0.25, 0.3) is 0 Å². The van der Waals surface area contributed by atoms with Crippen molar-refractivity contribution in [1.82, 2.24) is 0 Å². The summed E-state index contributed by atoms with van der Waals surface area (Å²) in [6, 6.07) is 10.1. The Morgan fingerprint density at radius 3 is 2.40 bits per heavy atom. The number of ketones is 1. The number of rotatable bonds is 6. The lowest BCUT2D eigenvalue weighted by molar-refractivity contribution is -0.118. The topological polar surface area (TPSA) is 17.1 Å². The molecule has 1 aromatic rings. The van der Waals surface area contributed by atoms with Gasteiger partial charge in [0.15, 0.2) is 0 Å². The number of carbonyl (C=O) groups excluding carboxylic acids is 1. The predicted molar refractivity (Wildman–Crippen MR) is 67.1 cm³/mol. The first-order valence-electron chi connectivity index (χ1n) is 5.07. The highest BCUT2D eigenvalue weighted by Gasteiger charge is 2.02. The Morgan fingerprint density at radius 2 is 1.80 bits per heavy atom. The van der Waals surface area contributed by atoms with Crippen LogP contribution in [0.4, 0.5) is 0 Å². The van der Waals surface area contributed by atoms with Crippen molar-refractivity contribution in [2.75, 3.05) is 0 Å². The second-order valence-corrected chi connectivity index (χ2v) is 4.66. The number of hydrogen-bond acceptors (Lipinski definition) is 1. The minimum absolute atomic E-state index is 0.305. The molecule has 0 unspecified atom stereocenters. The van der Waals surface area contributed by atoms with E-state index >= 15 is 0 Å². The zero-order valence-electron chi connectivity index (χ0n) is 8.71. The normalized spacial score (nSPS) is 9.93. The van der Waals surface area contributed by atoms with Crippen molar-refractivity contribution in [1.29, 1.82) is 0 Å². The fourth-order valence-electron chi connectivity index (χ4n) is 1.33. The summed E-state index contributed by atoms with van der Waals surface area (Å²) in [6.07, 6.45) is 2.81. The third kappa shape index (κ3) is 5.53. The van der Waals surface area contributed by atoms with Crippen LogP contribution in [-0.2, 0) is 11.2 Å². The van der Waals surface area contributed by atoms with E-state index in [1.165, 1.54) is 5.56 Å². The minimum atomic E-state index is 0.305. The molecule has 1 rings (SSSR count). The molecule has 0 aliphatic heterocycles. The average Bonchev–Trinajstić information content (AvgIpc) is 2.25. The molecule has 1 aromatic carbocycles. The van der Waals surface area contributed by atoms with Crippen LogP contribution >= 0.6 is 15.9 Å². The van der Waals surface area contributed by atoms with Crippen LogP contribution in [0.1, 0.15) is 24.8 Å². The molecule has 2 heteroatoms. The molecule has 0 saturated heterocycles. The van der Waals surface area contributed by atoms with Gasteiger partial charge in [-0.25, -0.2) is 0 Å². The van der Waals surface area contributed by atoms with Crippen LogP contribution in [-0.4, -0.2) is 5.78 Å². The van der Waals surface area contributed by atoms with Crippen LogP contribution in [0.2, 0.25) is 0 Å². The predicted octanol–water partition coefficient (Wildman–Crippen LogP) is 3.88. The lowest BCUT2D eigenvalue weighted by Crippen LogP contribution is -1.99. The van der Waals surface area contributed by atoms with Crippen LogP contribution < -0.4 is 0 Å². The molecule has 0 N–H and O–H groups in total. The lowest BCUT2D eigenvalue weighted by Gasteiger charge is -2.00. The van der Waals surface area contributed by atoms with Crippen LogP contribution in [0.25, 0.3) is 0 Å². The van der Waals surface area contributed by atoms with Gasteiger partial charge in [0.05, 0.1) is 0 Å². The molecule has 0 spiro atoms. The van der Waals surface area contributed by atoms with Gasteiger partial charge in [0.1, 0.15) is 5.78 Å². The summed E-state index contributed by atoms with van der Waals surface area (Å²) in [5.74, 6) is 0.305. The largest absolute Gasteiger partial charge is 0.300 e. The third-order valence-corrected chi connectivity index (χ3v) is 2.61. The van der Waals surface area contributed by atoms with E-state index in [-0.39, 0.29) is 0 Å². The number of hydrogen-bond donors (Lipinski definition) is 0. The molecule has 0 fully saturated rings. The van der Waals surface area contributed by atoms with Gasteiger partial charge in [-0.15, -0.1) is 0 Å². The molecule has 0 aliphatic carbocycles. The van der Waals surface area contributed by atoms with Crippen molar-refractivity contribution in [3.05, 3.63) is 47.0 Å². The summed E-state index contributed by atoms with van der Waals surface area (Å²) < 4.78 is 0.899. The maximum atomic E-state index is 11.5. The summed E-state index contributed by atoms with van der Waals surface area (Å²) >= 11 is 3.25. The van der Waals surface area contributed by atoms with E-state index in [0.29, 0.717) is 18.6 Å². The van der Waals surface area contributed by atoms with Crippen molar-refractivity contribution in [3.8, 4) is 0 Å². The number of benzene rings is 1. The van der Waals surface area contributed by atoms with E-state index in [1.807, 2.05) is 18.2 Å². The Balaban J connectivity index is 2.26. The molecular formula is C13H15BrO. The number of aryl methyl sites for hydroxylation is 1. The molecular weight excluding hydrogens is 252 g/mol. The first-order valence-corrected chi connectivity index (χ1v) is 5.86. The van der Waals surface area contributed by atoms with E-state index in [0.717, 1.165) is 17.3 Å². The van der Waals surface area contributed by atoms with Gasteiger partial charge in [-0.1, -0.05) is 52.8 Å². The first kappa shape index (κ1) is 12.2. The van der Waals surface area contributed by atoms with Gasteiger partial charge in [-0.2, -0.15) is 0 Å². The average molecular weight is 267 g/mol. The van der Waals surface area contributed by atoms with Gasteiger partial charge >= 0.3 is 0 Å². The molecule has 0 saturated carbocycles. The zero-order valence-corrected chi connectivity index (χ0v) is 10.3. The molecule has 80 valence electrons. The second kappa shape index (κ2) is 6.57. The fraction of sp³-hybridized carbons (Fsp3) is 0.308. The SMILES string of the molecule is C=C(Br)CCC(=O)CCc1ccccc1. The molecule has 1 nitrogen and oxygen atoms in total. The van der Waals surface area contributed by atoms with Crippen LogP contribution in [0, 0.1) is 0 Å². The van der Waals surface area contributed by atoms with Crippen LogP contribution in [0.3, 0.4) is 0 Å². The summed E-state index contributed by atoms with van der Waals surface area (Å²) in [5.41, 5.74) is 1.23. The van der Waals surface area contributed by atoms with Gasteiger partial charge in [0.2, 0.25) is 0 Å². The molecule has 0 aromatic heterocycles. The standard InChI is InChI=1S/C13H15BrO/c1-11(14)7-9-13(15)10-8-12-5-3-2-4-6-12/h2-6H,1,7-10H2. The van der Waals surface area contributed by atoms with E-state index in [9.17, 15) is 4.79 Å². The number of allylic oxidation sites excluding steroid dienone is 1. The Bertz CT molecular complexity index is 330. The van der Waals surface area contributed by atoms with Gasteiger partial charge in [-0.05, 0) is 22.9 Å². The van der Waals surface area contributed by atoms with E-state index < -0.39 is 0 Å². The van der Waals surface area contributed by atoms with Crippen molar-refractivity contribution in [3.63, 3.8) is 0 Å². The monoisotopic (exact) mass is 266 g/mol.